The lowest BCUT2D eigenvalue weighted by Gasteiger charge is -2.01. The molecule has 0 atom stereocenters. The maximum absolute atomic E-state index is 11.1. The maximum Gasteiger partial charge on any atom is 0.354 e. The molecule has 0 unspecified atom stereocenters. The fraction of sp³-hybridized carbons (Fsp3) is 0.750. The number of ether oxygens (including phenoxy) is 1. The van der Waals surface area contributed by atoms with E-state index in [-0.39, 0.29) is 5.97 Å². The molecule has 1 rings (SSSR count). The highest BCUT2D eigenvalue weighted by Crippen LogP contribution is 1.97. The third kappa shape index (κ3) is 2.53. The molecular formula is C8H14N2O2. The van der Waals surface area contributed by atoms with Crippen LogP contribution in [0.5, 0.6) is 0 Å². The standard InChI is InChI=1S/C8H14N2O2/c1-2-3-6-12-8(11)7-4-5-9-10-7/h9H,2-6H2,1H3. The zero-order valence-electron chi connectivity index (χ0n) is 7.30. The summed E-state index contributed by atoms with van der Waals surface area (Å²) >= 11 is 0. The summed E-state index contributed by atoms with van der Waals surface area (Å²) in [5, 5.41) is 3.81. The Labute approximate surface area is 72.0 Å². The molecule has 1 aliphatic heterocycles. The summed E-state index contributed by atoms with van der Waals surface area (Å²) in [7, 11) is 0. The Morgan fingerprint density at radius 3 is 3.17 bits per heavy atom. The Morgan fingerprint density at radius 2 is 2.58 bits per heavy atom. The first-order valence-electron chi connectivity index (χ1n) is 4.31. The van der Waals surface area contributed by atoms with Crippen LogP contribution in [0.2, 0.25) is 0 Å². The van der Waals surface area contributed by atoms with Crippen molar-refractivity contribution in [2.75, 3.05) is 13.2 Å². The molecule has 68 valence electrons. The molecule has 12 heavy (non-hydrogen) atoms. The second-order valence-corrected chi connectivity index (χ2v) is 2.71. The molecule has 0 fully saturated rings. The monoisotopic (exact) mass is 170 g/mol. The van der Waals surface area contributed by atoms with Crippen molar-refractivity contribution < 1.29 is 9.53 Å². The summed E-state index contributed by atoms with van der Waals surface area (Å²) in [4.78, 5) is 11.1. The van der Waals surface area contributed by atoms with Crippen LogP contribution in [-0.4, -0.2) is 24.8 Å². The maximum atomic E-state index is 11.1. The van der Waals surface area contributed by atoms with Gasteiger partial charge in [0.05, 0.1) is 6.61 Å². The first-order chi connectivity index (χ1) is 5.84. The third-order valence-electron chi connectivity index (χ3n) is 1.65. The summed E-state index contributed by atoms with van der Waals surface area (Å²) in [5.74, 6) is -0.270. The van der Waals surface area contributed by atoms with E-state index >= 15 is 0 Å². The lowest BCUT2D eigenvalue weighted by molar-refractivity contribution is -0.135. The quantitative estimate of drug-likeness (QED) is 0.498. The Morgan fingerprint density at radius 1 is 1.75 bits per heavy atom. The average Bonchev–Trinajstić information content (AvgIpc) is 2.56. The van der Waals surface area contributed by atoms with Crippen molar-refractivity contribution >= 4 is 11.7 Å². The zero-order chi connectivity index (χ0) is 8.81. The molecule has 1 heterocycles. The van der Waals surface area contributed by atoms with Crippen LogP contribution < -0.4 is 5.43 Å². The van der Waals surface area contributed by atoms with Crippen molar-refractivity contribution in [2.45, 2.75) is 26.2 Å². The van der Waals surface area contributed by atoms with E-state index < -0.39 is 0 Å². The van der Waals surface area contributed by atoms with Crippen molar-refractivity contribution in [2.24, 2.45) is 5.10 Å². The van der Waals surface area contributed by atoms with E-state index in [1.165, 1.54) is 0 Å². The molecule has 4 nitrogen and oxygen atoms in total. The van der Waals surface area contributed by atoms with Crippen molar-refractivity contribution in [3.8, 4) is 0 Å². The highest BCUT2D eigenvalue weighted by molar-refractivity contribution is 6.36. The van der Waals surface area contributed by atoms with E-state index in [1.54, 1.807) is 0 Å². The summed E-state index contributed by atoms with van der Waals surface area (Å²) in [6.07, 6.45) is 2.65. The van der Waals surface area contributed by atoms with Gasteiger partial charge in [0.25, 0.3) is 0 Å². The van der Waals surface area contributed by atoms with Crippen LogP contribution in [0.3, 0.4) is 0 Å². The number of hydrogen-bond acceptors (Lipinski definition) is 4. The van der Waals surface area contributed by atoms with E-state index in [1.807, 2.05) is 0 Å². The first kappa shape index (κ1) is 9.03. The highest BCUT2D eigenvalue weighted by Gasteiger charge is 2.16. The van der Waals surface area contributed by atoms with Gasteiger partial charge in [-0.1, -0.05) is 13.3 Å². The molecular weight excluding hydrogens is 156 g/mol. The Bertz CT molecular complexity index is 189. The number of nitrogens with zero attached hydrogens (tertiary/aromatic N) is 1. The summed E-state index contributed by atoms with van der Waals surface area (Å²) in [6.45, 7) is 3.31. The average molecular weight is 170 g/mol. The molecule has 1 aliphatic rings. The fourth-order valence-corrected chi connectivity index (χ4v) is 0.922. The Balaban J connectivity index is 2.19. The van der Waals surface area contributed by atoms with Gasteiger partial charge in [-0.05, 0) is 6.42 Å². The number of esters is 1. The van der Waals surface area contributed by atoms with Gasteiger partial charge < -0.3 is 10.2 Å². The number of carbonyl (C=O) groups is 1. The van der Waals surface area contributed by atoms with E-state index in [9.17, 15) is 4.79 Å². The minimum absolute atomic E-state index is 0.270. The zero-order valence-corrected chi connectivity index (χ0v) is 7.30. The molecule has 0 aromatic heterocycles. The van der Waals surface area contributed by atoms with E-state index in [0.717, 1.165) is 19.4 Å². The number of nitrogens with one attached hydrogen (secondary N) is 1. The van der Waals surface area contributed by atoms with Gasteiger partial charge in [-0.15, -0.1) is 0 Å². The molecule has 0 aromatic carbocycles. The molecule has 0 saturated carbocycles. The fourth-order valence-electron chi connectivity index (χ4n) is 0.922. The van der Waals surface area contributed by atoms with E-state index in [2.05, 4.69) is 17.5 Å². The van der Waals surface area contributed by atoms with E-state index in [0.29, 0.717) is 18.7 Å². The van der Waals surface area contributed by atoms with Gasteiger partial charge in [0, 0.05) is 13.0 Å². The second kappa shape index (κ2) is 4.74. The molecule has 0 radical (unpaired) electrons. The predicted octanol–water partition coefficient (Wildman–Crippen LogP) is 0.679. The minimum atomic E-state index is -0.270. The lowest BCUT2D eigenvalue weighted by Crippen LogP contribution is -2.16. The van der Waals surface area contributed by atoms with Crippen LogP contribution in [-0.2, 0) is 9.53 Å². The second-order valence-electron chi connectivity index (χ2n) is 2.71. The Kier molecular flexibility index (Phi) is 3.57. The smallest absolute Gasteiger partial charge is 0.354 e. The lowest BCUT2D eigenvalue weighted by atomic mass is 10.3. The predicted molar refractivity (Wildman–Crippen MR) is 45.9 cm³/mol. The molecule has 4 heteroatoms. The largest absolute Gasteiger partial charge is 0.461 e. The first-order valence-corrected chi connectivity index (χ1v) is 4.31. The van der Waals surface area contributed by atoms with Gasteiger partial charge in [-0.2, -0.15) is 5.10 Å². The molecule has 0 aliphatic carbocycles. The number of rotatable bonds is 4. The van der Waals surface area contributed by atoms with E-state index in [4.69, 9.17) is 4.74 Å². The van der Waals surface area contributed by atoms with Gasteiger partial charge in [0.15, 0.2) is 0 Å². The molecule has 0 bridgehead atoms. The molecule has 1 N–H and O–H groups in total. The number of hydrogen-bond donors (Lipinski definition) is 1. The molecule has 0 saturated heterocycles. The molecule has 0 amide bonds. The van der Waals surface area contributed by atoms with Crippen LogP contribution >= 0.6 is 0 Å². The van der Waals surface area contributed by atoms with Crippen molar-refractivity contribution in [3.63, 3.8) is 0 Å². The van der Waals surface area contributed by atoms with Gasteiger partial charge in [-0.25, -0.2) is 4.79 Å². The van der Waals surface area contributed by atoms with Gasteiger partial charge >= 0.3 is 5.97 Å². The van der Waals surface area contributed by atoms with Crippen LogP contribution in [0.25, 0.3) is 0 Å². The van der Waals surface area contributed by atoms with Crippen LogP contribution in [0.4, 0.5) is 0 Å². The topological polar surface area (TPSA) is 50.7 Å². The third-order valence-corrected chi connectivity index (χ3v) is 1.65. The van der Waals surface area contributed by atoms with Crippen molar-refractivity contribution in [1.82, 2.24) is 5.43 Å². The van der Waals surface area contributed by atoms with Crippen molar-refractivity contribution in [1.29, 1.82) is 0 Å². The number of hydrazone groups is 1. The minimum Gasteiger partial charge on any atom is -0.461 e. The molecule has 0 aromatic rings. The molecule has 0 spiro atoms. The summed E-state index contributed by atoms with van der Waals surface area (Å²) < 4.78 is 4.96. The van der Waals surface area contributed by atoms with Crippen LogP contribution in [0.1, 0.15) is 26.2 Å². The summed E-state index contributed by atoms with van der Waals surface area (Å²) in [5.41, 5.74) is 3.25. The normalized spacial score (nSPS) is 15.2. The number of carbonyl (C=O) groups excluding carboxylic acids is 1. The van der Waals surface area contributed by atoms with Gasteiger partial charge in [-0.3, -0.25) is 0 Å². The Hall–Kier alpha value is -1.06. The van der Waals surface area contributed by atoms with Gasteiger partial charge in [0.2, 0.25) is 0 Å². The highest BCUT2D eigenvalue weighted by atomic mass is 16.5. The van der Waals surface area contributed by atoms with Crippen molar-refractivity contribution in [3.05, 3.63) is 0 Å². The summed E-state index contributed by atoms with van der Waals surface area (Å²) in [6, 6.07) is 0. The van der Waals surface area contributed by atoms with Crippen LogP contribution in [0, 0.1) is 0 Å². The number of unbranched alkanes of at least 4 members (excludes halogenated alkanes) is 1. The van der Waals surface area contributed by atoms with Crippen LogP contribution in [0.15, 0.2) is 5.10 Å². The van der Waals surface area contributed by atoms with Gasteiger partial charge in [0.1, 0.15) is 5.71 Å². The SMILES string of the molecule is CCCCOC(=O)C1=NNCC1.